The quantitative estimate of drug-likeness (QED) is 0.673. The molecule has 0 aliphatic rings. The van der Waals surface area contributed by atoms with Gasteiger partial charge in [0.15, 0.2) is 0 Å². The number of nitrogens with two attached hydrogens (primary N) is 1. The van der Waals surface area contributed by atoms with Gasteiger partial charge in [-0.15, -0.1) is 0 Å². The van der Waals surface area contributed by atoms with Crippen LogP contribution in [-0.2, 0) is 7.05 Å². The van der Waals surface area contributed by atoms with Crippen LogP contribution in [0.15, 0.2) is 30.3 Å². The molecule has 0 unspecified atom stereocenters. The van der Waals surface area contributed by atoms with Crippen LogP contribution >= 0.6 is 0 Å². The van der Waals surface area contributed by atoms with Crippen molar-refractivity contribution in [3.63, 3.8) is 0 Å². The molecule has 2 aromatic heterocycles. The molecule has 5 heteroatoms. The van der Waals surface area contributed by atoms with E-state index in [0.29, 0.717) is 5.82 Å². The molecule has 2 heterocycles. The van der Waals surface area contributed by atoms with Gasteiger partial charge in [0.2, 0.25) is 0 Å². The first-order valence-corrected chi connectivity index (χ1v) is 5.21. The Bertz CT molecular complexity index is 696. The van der Waals surface area contributed by atoms with E-state index in [0.717, 1.165) is 22.3 Å². The van der Waals surface area contributed by atoms with Crippen LogP contribution < -0.4 is 5.73 Å². The van der Waals surface area contributed by atoms with E-state index < -0.39 is 0 Å². The molecule has 0 fully saturated rings. The van der Waals surface area contributed by atoms with Gasteiger partial charge in [0.05, 0.1) is 11.4 Å². The van der Waals surface area contributed by atoms with Gasteiger partial charge in [-0.1, -0.05) is 0 Å². The van der Waals surface area contributed by atoms with Gasteiger partial charge in [-0.05, 0) is 24.3 Å². The summed E-state index contributed by atoms with van der Waals surface area (Å²) in [6.07, 6.45) is 0. The summed E-state index contributed by atoms with van der Waals surface area (Å²) in [5, 5.41) is 4.91. The molecule has 3 N–H and O–H groups in total. The SMILES string of the molecule is Cn1nc(N)cc1-c1cc2cc(F)ccc2[nH]1. The summed E-state index contributed by atoms with van der Waals surface area (Å²) in [6.45, 7) is 0. The van der Waals surface area contributed by atoms with Gasteiger partial charge in [-0.3, -0.25) is 4.68 Å². The lowest BCUT2D eigenvalue weighted by molar-refractivity contribution is 0.630. The molecule has 4 nitrogen and oxygen atoms in total. The first-order chi connectivity index (χ1) is 8.13. The number of anilines is 1. The number of hydrogen-bond donors (Lipinski definition) is 2. The number of aromatic amines is 1. The Morgan fingerprint density at radius 1 is 1.29 bits per heavy atom. The molecule has 0 aliphatic heterocycles. The zero-order valence-corrected chi connectivity index (χ0v) is 9.24. The second kappa shape index (κ2) is 3.35. The predicted octanol–water partition coefficient (Wildman–Crippen LogP) is 2.29. The minimum absolute atomic E-state index is 0.243. The largest absolute Gasteiger partial charge is 0.382 e. The van der Waals surface area contributed by atoms with E-state index in [2.05, 4.69) is 10.1 Å². The Morgan fingerprint density at radius 2 is 2.12 bits per heavy atom. The Labute approximate surface area is 96.9 Å². The van der Waals surface area contributed by atoms with Crippen LogP contribution in [0.4, 0.5) is 10.2 Å². The molecule has 0 aliphatic carbocycles. The van der Waals surface area contributed by atoms with Crippen molar-refractivity contribution < 1.29 is 4.39 Å². The van der Waals surface area contributed by atoms with E-state index in [1.54, 1.807) is 16.8 Å². The molecule has 0 radical (unpaired) electrons. The number of benzene rings is 1. The van der Waals surface area contributed by atoms with Gasteiger partial charge < -0.3 is 10.7 Å². The predicted molar refractivity (Wildman–Crippen MR) is 64.9 cm³/mol. The molecule has 3 aromatic rings. The number of nitrogen functional groups attached to an aromatic ring is 1. The monoisotopic (exact) mass is 230 g/mol. The minimum Gasteiger partial charge on any atom is -0.382 e. The number of H-pyrrole nitrogens is 1. The third-order valence-electron chi connectivity index (χ3n) is 2.76. The zero-order chi connectivity index (χ0) is 12.0. The zero-order valence-electron chi connectivity index (χ0n) is 9.24. The average Bonchev–Trinajstić information content (AvgIpc) is 2.80. The number of aromatic nitrogens is 3. The fraction of sp³-hybridized carbons (Fsp3) is 0.0833. The number of halogens is 1. The molecule has 0 atom stereocenters. The Morgan fingerprint density at radius 3 is 2.82 bits per heavy atom. The molecule has 1 aromatic carbocycles. The highest BCUT2D eigenvalue weighted by Gasteiger charge is 2.09. The number of aryl methyl sites for hydroxylation is 1. The van der Waals surface area contributed by atoms with Gasteiger partial charge in [0.25, 0.3) is 0 Å². The lowest BCUT2D eigenvalue weighted by Gasteiger charge is -1.96. The van der Waals surface area contributed by atoms with E-state index in [9.17, 15) is 4.39 Å². The third-order valence-corrected chi connectivity index (χ3v) is 2.76. The second-order valence-electron chi connectivity index (χ2n) is 3.99. The van der Waals surface area contributed by atoms with Gasteiger partial charge in [0.1, 0.15) is 11.6 Å². The molecule has 0 saturated carbocycles. The van der Waals surface area contributed by atoms with Crippen LogP contribution in [0, 0.1) is 5.82 Å². The minimum atomic E-state index is -0.243. The van der Waals surface area contributed by atoms with E-state index in [-0.39, 0.29) is 5.82 Å². The van der Waals surface area contributed by atoms with Crippen LogP contribution in [-0.4, -0.2) is 14.8 Å². The summed E-state index contributed by atoms with van der Waals surface area (Å²) in [4.78, 5) is 3.21. The summed E-state index contributed by atoms with van der Waals surface area (Å²) < 4.78 is 14.8. The maximum atomic E-state index is 13.1. The molecule has 0 saturated heterocycles. The number of fused-ring (bicyclic) bond motifs is 1. The van der Waals surface area contributed by atoms with Gasteiger partial charge >= 0.3 is 0 Å². The van der Waals surface area contributed by atoms with Crippen molar-refractivity contribution >= 4 is 16.7 Å². The Balaban J connectivity index is 2.21. The number of rotatable bonds is 1. The normalized spacial score (nSPS) is 11.2. The van der Waals surface area contributed by atoms with Crippen molar-refractivity contribution in [2.45, 2.75) is 0 Å². The fourth-order valence-electron chi connectivity index (χ4n) is 1.98. The van der Waals surface area contributed by atoms with Crippen molar-refractivity contribution in [3.05, 3.63) is 36.1 Å². The van der Waals surface area contributed by atoms with Crippen molar-refractivity contribution in [1.29, 1.82) is 0 Å². The van der Waals surface area contributed by atoms with Gasteiger partial charge in [-0.25, -0.2) is 4.39 Å². The van der Waals surface area contributed by atoms with Gasteiger partial charge in [-0.2, -0.15) is 5.10 Å². The van der Waals surface area contributed by atoms with Crippen molar-refractivity contribution in [3.8, 4) is 11.4 Å². The van der Waals surface area contributed by atoms with Crippen molar-refractivity contribution in [2.24, 2.45) is 7.05 Å². The first-order valence-electron chi connectivity index (χ1n) is 5.21. The number of nitrogens with one attached hydrogen (secondary N) is 1. The van der Waals surface area contributed by atoms with Crippen LogP contribution in [0.5, 0.6) is 0 Å². The summed E-state index contributed by atoms with van der Waals surface area (Å²) in [5.41, 5.74) is 8.27. The highest BCUT2D eigenvalue weighted by molar-refractivity contribution is 5.85. The molecule has 3 rings (SSSR count). The Kier molecular flexibility index (Phi) is 1.95. The first kappa shape index (κ1) is 9.89. The molecule has 86 valence electrons. The molecule has 0 spiro atoms. The fourth-order valence-corrected chi connectivity index (χ4v) is 1.98. The molecular formula is C12H11FN4. The highest BCUT2D eigenvalue weighted by Crippen LogP contribution is 2.25. The molecule has 0 bridgehead atoms. The second-order valence-corrected chi connectivity index (χ2v) is 3.99. The molecule has 17 heavy (non-hydrogen) atoms. The summed E-state index contributed by atoms with van der Waals surface area (Å²) in [6, 6.07) is 8.30. The molecular weight excluding hydrogens is 219 g/mol. The topological polar surface area (TPSA) is 59.6 Å². The maximum absolute atomic E-state index is 13.1. The van der Waals surface area contributed by atoms with E-state index >= 15 is 0 Å². The van der Waals surface area contributed by atoms with E-state index in [1.165, 1.54) is 12.1 Å². The average molecular weight is 230 g/mol. The standard InChI is InChI=1S/C12H11FN4/c1-17-11(6-12(14)16-17)10-5-7-4-8(13)2-3-9(7)15-10/h2-6,15H,1H3,(H2,14,16). The summed E-state index contributed by atoms with van der Waals surface area (Å²) >= 11 is 0. The number of nitrogens with zero attached hydrogens (tertiary/aromatic N) is 2. The van der Waals surface area contributed by atoms with Crippen LogP contribution in [0.2, 0.25) is 0 Å². The lowest BCUT2D eigenvalue weighted by atomic mass is 10.2. The lowest BCUT2D eigenvalue weighted by Crippen LogP contribution is -1.94. The van der Waals surface area contributed by atoms with Gasteiger partial charge in [0, 0.05) is 24.0 Å². The highest BCUT2D eigenvalue weighted by atomic mass is 19.1. The summed E-state index contributed by atoms with van der Waals surface area (Å²) in [5.74, 6) is 0.222. The number of hydrogen-bond acceptors (Lipinski definition) is 2. The smallest absolute Gasteiger partial charge is 0.146 e. The summed E-state index contributed by atoms with van der Waals surface area (Å²) in [7, 11) is 1.82. The van der Waals surface area contributed by atoms with Crippen molar-refractivity contribution in [1.82, 2.24) is 14.8 Å². The van der Waals surface area contributed by atoms with Crippen LogP contribution in [0.3, 0.4) is 0 Å². The van der Waals surface area contributed by atoms with Crippen LogP contribution in [0.1, 0.15) is 0 Å². The van der Waals surface area contributed by atoms with Crippen molar-refractivity contribution in [2.75, 3.05) is 5.73 Å². The van der Waals surface area contributed by atoms with E-state index in [1.807, 2.05) is 13.1 Å². The molecule has 0 amide bonds. The third kappa shape index (κ3) is 1.56. The van der Waals surface area contributed by atoms with E-state index in [4.69, 9.17) is 5.73 Å². The van der Waals surface area contributed by atoms with Crippen LogP contribution in [0.25, 0.3) is 22.3 Å². The maximum Gasteiger partial charge on any atom is 0.146 e. The Hall–Kier alpha value is -2.30.